The lowest BCUT2D eigenvalue weighted by atomic mass is 9.90. The number of esters is 1. The molecule has 3 aliphatic rings. The molecule has 1 saturated carbocycles. The fraction of sp³-hybridized carbons (Fsp3) is 0.571. The highest BCUT2D eigenvalue weighted by molar-refractivity contribution is 6.15. The molecule has 1 saturated heterocycles. The van der Waals surface area contributed by atoms with Crippen LogP contribution in [0.25, 0.3) is 0 Å². The van der Waals surface area contributed by atoms with E-state index in [1.807, 2.05) is 6.92 Å². The first-order chi connectivity index (χ1) is 13.1. The van der Waals surface area contributed by atoms with Gasteiger partial charge in [0.25, 0.3) is 5.91 Å². The summed E-state index contributed by atoms with van der Waals surface area (Å²) >= 11 is 0. The van der Waals surface area contributed by atoms with Gasteiger partial charge in [-0.1, -0.05) is 31.4 Å². The quantitative estimate of drug-likeness (QED) is 0.764. The molecule has 1 aromatic rings. The van der Waals surface area contributed by atoms with Crippen molar-refractivity contribution in [1.29, 1.82) is 0 Å². The molecule has 2 amide bonds. The highest BCUT2D eigenvalue weighted by Gasteiger charge is 2.61. The summed E-state index contributed by atoms with van der Waals surface area (Å²) in [6.07, 6.45) is 6.24. The molecule has 0 bridgehead atoms. The van der Waals surface area contributed by atoms with Gasteiger partial charge in [0, 0.05) is 19.4 Å². The Morgan fingerprint density at radius 2 is 1.93 bits per heavy atom. The molecular formula is C21H26N2O4. The molecule has 0 aromatic heterocycles. The van der Waals surface area contributed by atoms with E-state index >= 15 is 0 Å². The molecule has 0 spiro atoms. The molecule has 1 aliphatic carbocycles. The predicted molar refractivity (Wildman–Crippen MR) is 100 cm³/mol. The summed E-state index contributed by atoms with van der Waals surface area (Å²) in [6, 6.07) is 7.02. The van der Waals surface area contributed by atoms with Crippen LogP contribution in [-0.2, 0) is 14.3 Å². The van der Waals surface area contributed by atoms with Gasteiger partial charge in [-0.15, -0.1) is 0 Å². The number of benzene rings is 1. The van der Waals surface area contributed by atoms with Crippen molar-refractivity contribution in [3.63, 3.8) is 0 Å². The van der Waals surface area contributed by atoms with E-state index in [9.17, 15) is 14.4 Å². The van der Waals surface area contributed by atoms with E-state index < -0.39 is 11.6 Å². The van der Waals surface area contributed by atoms with Crippen molar-refractivity contribution in [2.45, 2.75) is 57.5 Å². The molecule has 27 heavy (non-hydrogen) atoms. The first-order valence-electron chi connectivity index (χ1n) is 10.0. The van der Waals surface area contributed by atoms with Gasteiger partial charge in [0.05, 0.1) is 17.9 Å². The van der Waals surface area contributed by atoms with Crippen LogP contribution < -0.4 is 4.90 Å². The molecule has 0 unspecified atom stereocenters. The number of carbonyl (C=O) groups is 3. The number of nitrogens with zero attached hydrogens (tertiary/aromatic N) is 2. The van der Waals surface area contributed by atoms with Gasteiger partial charge < -0.3 is 9.64 Å². The summed E-state index contributed by atoms with van der Waals surface area (Å²) in [5, 5.41) is 0. The number of hydrogen-bond donors (Lipinski definition) is 0. The maximum Gasteiger partial charge on any atom is 0.353 e. The number of fused-ring (bicyclic) bond motifs is 3. The molecule has 2 heterocycles. The van der Waals surface area contributed by atoms with Crippen LogP contribution in [0.5, 0.6) is 0 Å². The Hall–Kier alpha value is -2.37. The third-order valence-electron chi connectivity index (χ3n) is 6.19. The van der Waals surface area contributed by atoms with Gasteiger partial charge in [0.2, 0.25) is 11.6 Å². The third-order valence-corrected chi connectivity index (χ3v) is 6.19. The minimum absolute atomic E-state index is 0.136. The standard InChI is InChI=1S/C21H26N2O4/c1-2-22-19(25)16-10-6-7-11-17(16)23-18(24)12-13-21(22,23)20(26)27-14-15-8-4-3-5-9-15/h6-7,10-11,15H,2-5,8-9,12-14H2,1H3/t21-/m0/s1. The van der Waals surface area contributed by atoms with Gasteiger partial charge in [-0.05, 0) is 37.8 Å². The lowest BCUT2D eigenvalue weighted by molar-refractivity contribution is -0.158. The van der Waals surface area contributed by atoms with Crippen LogP contribution in [0.1, 0.15) is 62.2 Å². The van der Waals surface area contributed by atoms with E-state index in [1.54, 1.807) is 24.3 Å². The molecule has 1 atom stereocenters. The van der Waals surface area contributed by atoms with Crippen LogP contribution in [0.2, 0.25) is 0 Å². The second-order valence-corrected chi connectivity index (χ2v) is 7.71. The number of hydrogen-bond acceptors (Lipinski definition) is 4. The van der Waals surface area contributed by atoms with Crippen molar-refractivity contribution in [2.24, 2.45) is 5.92 Å². The van der Waals surface area contributed by atoms with E-state index in [4.69, 9.17) is 4.74 Å². The highest BCUT2D eigenvalue weighted by atomic mass is 16.5. The fourth-order valence-electron chi connectivity index (χ4n) is 4.83. The van der Waals surface area contributed by atoms with Gasteiger partial charge in [-0.2, -0.15) is 0 Å². The zero-order valence-corrected chi connectivity index (χ0v) is 15.8. The van der Waals surface area contributed by atoms with Crippen molar-refractivity contribution in [1.82, 2.24) is 4.90 Å². The van der Waals surface area contributed by atoms with E-state index in [0.29, 0.717) is 30.3 Å². The second kappa shape index (κ2) is 6.98. The highest BCUT2D eigenvalue weighted by Crippen LogP contribution is 2.45. The predicted octanol–water partition coefficient (Wildman–Crippen LogP) is 3.11. The Morgan fingerprint density at radius 1 is 1.19 bits per heavy atom. The second-order valence-electron chi connectivity index (χ2n) is 7.71. The molecule has 0 radical (unpaired) electrons. The Kier molecular flexibility index (Phi) is 4.66. The van der Waals surface area contributed by atoms with Crippen LogP contribution in [0.3, 0.4) is 0 Å². The van der Waals surface area contributed by atoms with Crippen LogP contribution in [0.15, 0.2) is 24.3 Å². The summed E-state index contributed by atoms with van der Waals surface area (Å²) in [5.74, 6) is -0.438. The van der Waals surface area contributed by atoms with Crippen molar-refractivity contribution < 1.29 is 19.1 Å². The maximum absolute atomic E-state index is 13.3. The summed E-state index contributed by atoms with van der Waals surface area (Å²) < 4.78 is 5.74. The minimum Gasteiger partial charge on any atom is -0.462 e. The normalized spacial score (nSPS) is 25.4. The van der Waals surface area contributed by atoms with Crippen LogP contribution in [0, 0.1) is 5.92 Å². The average molecular weight is 370 g/mol. The van der Waals surface area contributed by atoms with Crippen molar-refractivity contribution >= 4 is 23.5 Å². The average Bonchev–Trinajstić information content (AvgIpc) is 3.06. The van der Waals surface area contributed by atoms with Crippen molar-refractivity contribution in [2.75, 3.05) is 18.1 Å². The molecular weight excluding hydrogens is 344 g/mol. The molecule has 144 valence electrons. The van der Waals surface area contributed by atoms with Crippen molar-refractivity contribution in [3.05, 3.63) is 29.8 Å². The molecule has 6 nitrogen and oxygen atoms in total. The topological polar surface area (TPSA) is 66.9 Å². The van der Waals surface area contributed by atoms with Gasteiger partial charge in [-0.3, -0.25) is 14.5 Å². The lowest BCUT2D eigenvalue weighted by Crippen LogP contribution is -2.68. The summed E-state index contributed by atoms with van der Waals surface area (Å²) in [7, 11) is 0. The summed E-state index contributed by atoms with van der Waals surface area (Å²) in [5.41, 5.74) is -0.360. The number of rotatable bonds is 4. The molecule has 0 N–H and O–H groups in total. The smallest absolute Gasteiger partial charge is 0.353 e. The Morgan fingerprint density at radius 3 is 2.67 bits per heavy atom. The Balaban J connectivity index is 1.68. The van der Waals surface area contributed by atoms with E-state index in [2.05, 4.69) is 0 Å². The largest absolute Gasteiger partial charge is 0.462 e. The fourth-order valence-corrected chi connectivity index (χ4v) is 4.83. The number of para-hydroxylation sites is 1. The van der Waals surface area contributed by atoms with Gasteiger partial charge in [-0.25, -0.2) is 4.79 Å². The van der Waals surface area contributed by atoms with Gasteiger partial charge in [0.15, 0.2) is 0 Å². The number of likely N-dealkylation sites (N-methyl/N-ethyl adjacent to an activating group) is 1. The van der Waals surface area contributed by atoms with Crippen LogP contribution in [-0.4, -0.2) is 41.5 Å². The monoisotopic (exact) mass is 370 g/mol. The molecule has 6 heteroatoms. The molecule has 1 aromatic carbocycles. The molecule has 2 aliphatic heterocycles. The maximum atomic E-state index is 13.3. The number of amides is 2. The first kappa shape index (κ1) is 18.0. The minimum atomic E-state index is -1.34. The number of carbonyl (C=O) groups excluding carboxylic acids is 3. The summed E-state index contributed by atoms with van der Waals surface area (Å²) in [6.45, 7) is 2.55. The SMILES string of the molecule is CCN1C(=O)c2ccccc2N2C(=O)CC[C@]12C(=O)OCC1CCCCC1. The van der Waals surface area contributed by atoms with Crippen molar-refractivity contribution in [3.8, 4) is 0 Å². The lowest BCUT2D eigenvalue weighted by Gasteiger charge is -2.48. The third kappa shape index (κ3) is 2.73. The molecule has 2 fully saturated rings. The van der Waals surface area contributed by atoms with E-state index in [-0.39, 0.29) is 24.7 Å². The Labute approximate surface area is 159 Å². The van der Waals surface area contributed by atoms with E-state index in [0.717, 1.165) is 12.8 Å². The Bertz CT molecular complexity index is 771. The first-order valence-corrected chi connectivity index (χ1v) is 10.0. The number of anilines is 1. The van der Waals surface area contributed by atoms with Crippen LogP contribution >= 0.6 is 0 Å². The zero-order chi connectivity index (χ0) is 19.0. The van der Waals surface area contributed by atoms with E-state index in [1.165, 1.54) is 29.1 Å². The zero-order valence-electron chi connectivity index (χ0n) is 15.8. The number of ether oxygens (including phenoxy) is 1. The summed E-state index contributed by atoms with van der Waals surface area (Å²) in [4.78, 5) is 42.2. The molecule has 4 rings (SSSR count). The van der Waals surface area contributed by atoms with Crippen LogP contribution in [0.4, 0.5) is 5.69 Å². The van der Waals surface area contributed by atoms with Gasteiger partial charge in [0.1, 0.15) is 0 Å². The van der Waals surface area contributed by atoms with Gasteiger partial charge >= 0.3 is 5.97 Å².